The maximum atomic E-state index is 11.4. The second-order valence-electron chi connectivity index (χ2n) is 4.62. The van der Waals surface area contributed by atoms with Crippen LogP contribution in [-0.4, -0.2) is 28.1 Å². The molecule has 6 nitrogen and oxygen atoms in total. The van der Waals surface area contributed by atoms with Gasteiger partial charge in [-0.25, -0.2) is 0 Å². The molecule has 0 spiro atoms. The molecular formula is C10H18N4O2. The summed E-state index contributed by atoms with van der Waals surface area (Å²) in [7, 11) is 0. The third-order valence-electron chi connectivity index (χ3n) is 1.79. The average Bonchev–Trinajstić information content (AvgIpc) is 2.57. The first-order chi connectivity index (χ1) is 7.37. The zero-order chi connectivity index (χ0) is 12.2. The summed E-state index contributed by atoms with van der Waals surface area (Å²) in [5.41, 5.74) is -0.0710. The lowest BCUT2D eigenvalue weighted by molar-refractivity contribution is -0.120. The van der Waals surface area contributed by atoms with Gasteiger partial charge in [-0.05, 0) is 27.7 Å². The highest BCUT2D eigenvalue weighted by Crippen LogP contribution is 1.97. The summed E-state index contributed by atoms with van der Waals surface area (Å²) in [6.45, 7) is 8.28. The van der Waals surface area contributed by atoms with Crippen LogP contribution < -0.4 is 10.6 Å². The number of amides is 1. The largest absolute Gasteiger partial charge is 0.346 e. The van der Waals surface area contributed by atoms with Crippen molar-refractivity contribution in [3.8, 4) is 0 Å². The second kappa shape index (κ2) is 5.07. The van der Waals surface area contributed by atoms with Gasteiger partial charge in [-0.3, -0.25) is 4.79 Å². The van der Waals surface area contributed by atoms with E-state index in [1.54, 1.807) is 6.92 Å². The Morgan fingerprint density at radius 3 is 2.62 bits per heavy atom. The first kappa shape index (κ1) is 12.6. The highest BCUT2D eigenvalue weighted by Gasteiger charge is 2.11. The van der Waals surface area contributed by atoms with Gasteiger partial charge in [0.25, 0.3) is 0 Å². The van der Waals surface area contributed by atoms with E-state index in [4.69, 9.17) is 4.52 Å². The van der Waals surface area contributed by atoms with Crippen molar-refractivity contribution in [1.29, 1.82) is 0 Å². The first-order valence-electron chi connectivity index (χ1n) is 5.18. The smallest absolute Gasteiger partial charge is 0.246 e. The van der Waals surface area contributed by atoms with Crippen LogP contribution in [0.15, 0.2) is 4.52 Å². The number of hydrogen-bond acceptors (Lipinski definition) is 5. The van der Waals surface area contributed by atoms with E-state index in [1.807, 2.05) is 20.8 Å². The molecule has 1 aromatic heterocycles. The molecule has 90 valence electrons. The molecule has 1 rings (SSSR count). The van der Waals surface area contributed by atoms with Gasteiger partial charge in [-0.15, -0.1) is 0 Å². The standard InChI is InChI=1S/C10H18N4O2/c1-7-13-9(16-14-7)6-11-8(15)5-12-10(2,3)4/h12H,5-6H2,1-4H3,(H,11,15). The number of aryl methyl sites for hydroxylation is 1. The van der Waals surface area contributed by atoms with Crippen molar-refractivity contribution in [3.05, 3.63) is 11.7 Å². The summed E-state index contributed by atoms with van der Waals surface area (Å²) < 4.78 is 4.86. The predicted octanol–water partition coefficient (Wildman–Crippen LogP) is 0.382. The van der Waals surface area contributed by atoms with Crippen molar-refractivity contribution in [2.24, 2.45) is 0 Å². The lowest BCUT2D eigenvalue weighted by Gasteiger charge is -2.19. The minimum absolute atomic E-state index is 0.0710. The fourth-order valence-electron chi connectivity index (χ4n) is 0.994. The minimum Gasteiger partial charge on any atom is -0.346 e. The minimum atomic E-state index is -0.0919. The summed E-state index contributed by atoms with van der Waals surface area (Å²) in [6, 6.07) is 0. The maximum Gasteiger partial charge on any atom is 0.246 e. The van der Waals surface area contributed by atoms with Crippen molar-refractivity contribution in [2.45, 2.75) is 39.8 Å². The van der Waals surface area contributed by atoms with Crippen molar-refractivity contribution < 1.29 is 9.32 Å². The van der Waals surface area contributed by atoms with Gasteiger partial charge in [-0.1, -0.05) is 5.16 Å². The van der Waals surface area contributed by atoms with Crippen LogP contribution >= 0.6 is 0 Å². The molecule has 0 bridgehead atoms. The summed E-state index contributed by atoms with van der Waals surface area (Å²) in [4.78, 5) is 15.4. The summed E-state index contributed by atoms with van der Waals surface area (Å²) in [5, 5.41) is 9.40. The van der Waals surface area contributed by atoms with Crippen molar-refractivity contribution in [2.75, 3.05) is 6.54 Å². The van der Waals surface area contributed by atoms with Crippen LogP contribution in [-0.2, 0) is 11.3 Å². The summed E-state index contributed by atoms with van der Waals surface area (Å²) >= 11 is 0. The topological polar surface area (TPSA) is 80.0 Å². The number of aromatic nitrogens is 2. The van der Waals surface area contributed by atoms with Crippen molar-refractivity contribution in [3.63, 3.8) is 0 Å². The quantitative estimate of drug-likeness (QED) is 0.776. The number of nitrogens with one attached hydrogen (secondary N) is 2. The van der Waals surface area contributed by atoms with Gasteiger partial charge in [0.2, 0.25) is 11.8 Å². The molecule has 0 aromatic carbocycles. The van der Waals surface area contributed by atoms with Gasteiger partial charge >= 0.3 is 0 Å². The highest BCUT2D eigenvalue weighted by molar-refractivity contribution is 5.77. The zero-order valence-corrected chi connectivity index (χ0v) is 10.1. The Balaban J connectivity index is 2.25. The van der Waals surface area contributed by atoms with E-state index in [-0.39, 0.29) is 24.5 Å². The molecule has 16 heavy (non-hydrogen) atoms. The van der Waals surface area contributed by atoms with E-state index >= 15 is 0 Å². The molecule has 0 aliphatic carbocycles. The predicted molar refractivity (Wildman–Crippen MR) is 58.6 cm³/mol. The monoisotopic (exact) mass is 226 g/mol. The second-order valence-corrected chi connectivity index (χ2v) is 4.62. The number of nitrogens with zero attached hydrogens (tertiary/aromatic N) is 2. The molecule has 0 saturated heterocycles. The van der Waals surface area contributed by atoms with E-state index < -0.39 is 0 Å². The van der Waals surface area contributed by atoms with Gasteiger partial charge in [0, 0.05) is 5.54 Å². The molecule has 0 radical (unpaired) electrons. The molecule has 0 aliphatic heterocycles. The maximum absolute atomic E-state index is 11.4. The lowest BCUT2D eigenvalue weighted by Crippen LogP contribution is -2.43. The number of rotatable bonds is 4. The van der Waals surface area contributed by atoms with Gasteiger partial charge < -0.3 is 15.2 Å². The molecule has 1 amide bonds. The molecular weight excluding hydrogens is 208 g/mol. The van der Waals surface area contributed by atoms with Crippen LogP contribution in [0, 0.1) is 6.92 Å². The Bertz CT molecular complexity index is 354. The van der Waals surface area contributed by atoms with Gasteiger partial charge in [0.1, 0.15) is 0 Å². The fraction of sp³-hybridized carbons (Fsp3) is 0.700. The molecule has 6 heteroatoms. The average molecular weight is 226 g/mol. The summed E-state index contributed by atoms with van der Waals surface area (Å²) in [5.74, 6) is 0.893. The van der Waals surface area contributed by atoms with Gasteiger partial charge in [0.05, 0.1) is 13.1 Å². The van der Waals surface area contributed by atoms with Crippen LogP contribution in [0.2, 0.25) is 0 Å². The van der Waals surface area contributed by atoms with E-state index in [0.29, 0.717) is 11.7 Å². The Morgan fingerprint density at radius 1 is 1.44 bits per heavy atom. The van der Waals surface area contributed by atoms with E-state index in [0.717, 1.165) is 0 Å². The van der Waals surface area contributed by atoms with Crippen LogP contribution in [0.4, 0.5) is 0 Å². The van der Waals surface area contributed by atoms with Crippen molar-refractivity contribution >= 4 is 5.91 Å². The number of hydrogen-bond donors (Lipinski definition) is 2. The highest BCUT2D eigenvalue weighted by atomic mass is 16.5. The Kier molecular flexibility index (Phi) is 4.00. The molecule has 2 N–H and O–H groups in total. The summed E-state index contributed by atoms with van der Waals surface area (Å²) in [6.07, 6.45) is 0. The van der Waals surface area contributed by atoms with Crippen LogP contribution in [0.1, 0.15) is 32.5 Å². The van der Waals surface area contributed by atoms with E-state index in [9.17, 15) is 4.79 Å². The molecule has 0 saturated carbocycles. The molecule has 1 aromatic rings. The molecule has 0 unspecified atom stereocenters. The number of carbonyl (C=O) groups excluding carboxylic acids is 1. The van der Waals surface area contributed by atoms with Crippen LogP contribution in [0.3, 0.4) is 0 Å². The van der Waals surface area contributed by atoms with Crippen molar-refractivity contribution in [1.82, 2.24) is 20.8 Å². The molecule has 0 atom stereocenters. The van der Waals surface area contributed by atoms with Gasteiger partial charge in [-0.2, -0.15) is 4.98 Å². The Labute approximate surface area is 94.8 Å². The van der Waals surface area contributed by atoms with Crippen LogP contribution in [0.5, 0.6) is 0 Å². The third kappa shape index (κ3) is 4.88. The van der Waals surface area contributed by atoms with E-state index in [2.05, 4.69) is 20.8 Å². The number of carbonyl (C=O) groups is 1. The fourth-order valence-corrected chi connectivity index (χ4v) is 0.994. The molecule has 0 aliphatic rings. The third-order valence-corrected chi connectivity index (χ3v) is 1.79. The van der Waals surface area contributed by atoms with E-state index in [1.165, 1.54) is 0 Å². The van der Waals surface area contributed by atoms with Gasteiger partial charge in [0.15, 0.2) is 5.82 Å². The molecule has 1 heterocycles. The molecule has 0 fully saturated rings. The van der Waals surface area contributed by atoms with Crippen LogP contribution in [0.25, 0.3) is 0 Å². The lowest BCUT2D eigenvalue weighted by atomic mass is 10.1. The Hall–Kier alpha value is -1.43. The first-order valence-corrected chi connectivity index (χ1v) is 5.18. The normalized spacial score (nSPS) is 11.5. The Morgan fingerprint density at radius 2 is 2.12 bits per heavy atom. The SMILES string of the molecule is Cc1noc(CNC(=O)CNC(C)(C)C)n1. The zero-order valence-electron chi connectivity index (χ0n) is 10.1.